The zero-order valence-electron chi connectivity index (χ0n) is 17.0. The lowest BCUT2D eigenvalue weighted by Gasteiger charge is -2.26. The van der Waals surface area contributed by atoms with Crippen LogP contribution in [0.5, 0.6) is 0 Å². The SMILES string of the molecule is Fc1ccc(C(CCCCc2ccccc2)OCCCN2CCCCC2)cc1. The van der Waals surface area contributed by atoms with E-state index in [1.807, 2.05) is 12.1 Å². The molecule has 1 aliphatic heterocycles. The largest absolute Gasteiger partial charge is 0.373 e. The third-order valence-electron chi connectivity index (χ3n) is 5.65. The van der Waals surface area contributed by atoms with Crippen molar-refractivity contribution >= 4 is 0 Å². The van der Waals surface area contributed by atoms with Gasteiger partial charge in [-0.1, -0.05) is 55.3 Å². The first-order valence-electron chi connectivity index (χ1n) is 10.9. The minimum absolute atomic E-state index is 0.0673. The highest BCUT2D eigenvalue weighted by Gasteiger charge is 2.14. The Morgan fingerprint density at radius 2 is 1.61 bits per heavy atom. The van der Waals surface area contributed by atoms with Gasteiger partial charge in [-0.25, -0.2) is 4.39 Å². The van der Waals surface area contributed by atoms with Crippen molar-refractivity contribution in [2.45, 2.75) is 57.5 Å². The fourth-order valence-corrected chi connectivity index (χ4v) is 4.02. The summed E-state index contributed by atoms with van der Waals surface area (Å²) in [5.74, 6) is -0.184. The molecule has 0 N–H and O–H groups in total. The molecule has 1 heterocycles. The van der Waals surface area contributed by atoms with Crippen LogP contribution in [0, 0.1) is 5.82 Å². The summed E-state index contributed by atoms with van der Waals surface area (Å²) < 4.78 is 19.6. The number of hydrogen-bond donors (Lipinski definition) is 0. The zero-order valence-corrected chi connectivity index (χ0v) is 17.0. The van der Waals surface area contributed by atoms with Gasteiger partial charge in [0, 0.05) is 13.2 Å². The first kappa shape index (κ1) is 21.0. The standard InChI is InChI=1S/C25H34FNO/c26-24-16-14-23(15-17-24)25(13-6-5-12-22-10-3-1-4-11-22)28-21-9-20-27-18-7-2-8-19-27/h1,3-4,10-11,14-17,25H,2,5-9,12-13,18-21H2. The highest BCUT2D eigenvalue weighted by Crippen LogP contribution is 2.25. The lowest BCUT2D eigenvalue weighted by Crippen LogP contribution is -2.31. The summed E-state index contributed by atoms with van der Waals surface area (Å²) in [6.07, 6.45) is 9.54. The fourth-order valence-electron chi connectivity index (χ4n) is 4.02. The molecule has 1 atom stereocenters. The molecule has 0 aliphatic carbocycles. The van der Waals surface area contributed by atoms with Gasteiger partial charge < -0.3 is 9.64 Å². The third-order valence-corrected chi connectivity index (χ3v) is 5.65. The first-order chi connectivity index (χ1) is 13.8. The van der Waals surface area contributed by atoms with Crippen molar-refractivity contribution in [1.29, 1.82) is 0 Å². The molecule has 152 valence electrons. The zero-order chi connectivity index (χ0) is 19.4. The van der Waals surface area contributed by atoms with Gasteiger partial charge in [-0.05, 0) is 74.9 Å². The number of nitrogens with zero attached hydrogens (tertiary/aromatic N) is 1. The van der Waals surface area contributed by atoms with Crippen LogP contribution in [-0.2, 0) is 11.2 Å². The molecule has 0 spiro atoms. The Hall–Kier alpha value is -1.71. The van der Waals surface area contributed by atoms with Gasteiger partial charge in [0.2, 0.25) is 0 Å². The molecule has 0 radical (unpaired) electrons. The van der Waals surface area contributed by atoms with Crippen LogP contribution in [0.4, 0.5) is 4.39 Å². The number of ether oxygens (including phenoxy) is 1. The van der Waals surface area contributed by atoms with Gasteiger partial charge in [0.25, 0.3) is 0 Å². The molecule has 2 aromatic carbocycles. The van der Waals surface area contributed by atoms with Crippen LogP contribution < -0.4 is 0 Å². The van der Waals surface area contributed by atoms with Gasteiger partial charge in [0.05, 0.1) is 6.10 Å². The maximum Gasteiger partial charge on any atom is 0.123 e. The third kappa shape index (κ3) is 7.37. The van der Waals surface area contributed by atoms with Crippen LogP contribution in [0.3, 0.4) is 0 Å². The molecule has 28 heavy (non-hydrogen) atoms. The van der Waals surface area contributed by atoms with E-state index in [4.69, 9.17) is 4.74 Å². The molecule has 3 rings (SSSR count). The van der Waals surface area contributed by atoms with Crippen molar-refractivity contribution < 1.29 is 9.13 Å². The molecule has 1 fully saturated rings. The summed E-state index contributed by atoms with van der Waals surface area (Å²) in [5.41, 5.74) is 2.49. The summed E-state index contributed by atoms with van der Waals surface area (Å²) in [7, 11) is 0. The number of piperidine rings is 1. The molecule has 1 saturated heterocycles. The molecule has 0 saturated carbocycles. The van der Waals surface area contributed by atoms with E-state index in [0.29, 0.717) is 0 Å². The number of likely N-dealkylation sites (tertiary alicyclic amines) is 1. The van der Waals surface area contributed by atoms with E-state index in [-0.39, 0.29) is 11.9 Å². The highest BCUT2D eigenvalue weighted by atomic mass is 19.1. The first-order valence-corrected chi connectivity index (χ1v) is 10.9. The average molecular weight is 384 g/mol. The van der Waals surface area contributed by atoms with Crippen molar-refractivity contribution in [3.8, 4) is 0 Å². The molecule has 1 aliphatic rings. The number of hydrogen-bond acceptors (Lipinski definition) is 2. The van der Waals surface area contributed by atoms with E-state index < -0.39 is 0 Å². The van der Waals surface area contributed by atoms with Crippen LogP contribution in [-0.4, -0.2) is 31.1 Å². The van der Waals surface area contributed by atoms with Crippen LogP contribution in [0.2, 0.25) is 0 Å². The monoisotopic (exact) mass is 383 g/mol. The molecule has 3 heteroatoms. The van der Waals surface area contributed by atoms with Crippen molar-refractivity contribution in [2.24, 2.45) is 0 Å². The van der Waals surface area contributed by atoms with Crippen molar-refractivity contribution in [1.82, 2.24) is 4.90 Å². The van der Waals surface area contributed by atoms with Crippen molar-refractivity contribution in [3.05, 3.63) is 71.5 Å². The van der Waals surface area contributed by atoms with Gasteiger partial charge in [-0.2, -0.15) is 0 Å². The maximum absolute atomic E-state index is 13.3. The Bertz CT molecular complexity index is 652. The minimum atomic E-state index is -0.184. The molecule has 2 nitrogen and oxygen atoms in total. The fraction of sp³-hybridized carbons (Fsp3) is 0.520. The van der Waals surface area contributed by atoms with E-state index >= 15 is 0 Å². The normalized spacial score (nSPS) is 16.2. The lowest BCUT2D eigenvalue weighted by molar-refractivity contribution is 0.0378. The quantitative estimate of drug-likeness (QED) is 0.430. The van der Waals surface area contributed by atoms with Gasteiger partial charge in [0.15, 0.2) is 0 Å². The van der Waals surface area contributed by atoms with E-state index in [0.717, 1.165) is 50.8 Å². The minimum Gasteiger partial charge on any atom is -0.373 e. The summed E-state index contributed by atoms with van der Waals surface area (Å²) in [6, 6.07) is 17.5. The Kier molecular flexibility index (Phi) is 8.99. The van der Waals surface area contributed by atoms with Crippen LogP contribution in [0.15, 0.2) is 54.6 Å². The second kappa shape index (κ2) is 12.0. The second-order valence-corrected chi connectivity index (χ2v) is 7.90. The van der Waals surface area contributed by atoms with Gasteiger partial charge in [-0.3, -0.25) is 0 Å². The predicted molar refractivity (Wildman–Crippen MR) is 114 cm³/mol. The number of rotatable bonds is 11. The Morgan fingerprint density at radius 3 is 2.36 bits per heavy atom. The summed E-state index contributed by atoms with van der Waals surface area (Å²) in [6.45, 7) is 4.38. The average Bonchev–Trinajstić information content (AvgIpc) is 2.75. The lowest BCUT2D eigenvalue weighted by atomic mass is 10.0. The van der Waals surface area contributed by atoms with E-state index in [9.17, 15) is 4.39 Å². The van der Waals surface area contributed by atoms with Gasteiger partial charge in [0.1, 0.15) is 5.82 Å². The highest BCUT2D eigenvalue weighted by molar-refractivity contribution is 5.19. The Morgan fingerprint density at radius 1 is 0.857 bits per heavy atom. The number of halogens is 1. The Balaban J connectivity index is 1.43. The van der Waals surface area contributed by atoms with E-state index in [1.165, 1.54) is 37.9 Å². The predicted octanol–water partition coefficient (Wildman–Crippen LogP) is 6.17. The molecule has 1 unspecified atom stereocenters. The number of unbranched alkanes of at least 4 members (excludes halogenated alkanes) is 1. The Labute approximate surface area is 169 Å². The molecule has 0 aromatic heterocycles. The van der Waals surface area contributed by atoms with Crippen LogP contribution >= 0.6 is 0 Å². The topological polar surface area (TPSA) is 12.5 Å². The van der Waals surface area contributed by atoms with Gasteiger partial charge in [-0.15, -0.1) is 0 Å². The smallest absolute Gasteiger partial charge is 0.123 e. The second-order valence-electron chi connectivity index (χ2n) is 7.90. The summed E-state index contributed by atoms with van der Waals surface area (Å²) in [5, 5.41) is 0. The van der Waals surface area contributed by atoms with E-state index in [1.54, 1.807) is 12.1 Å². The molecular weight excluding hydrogens is 349 g/mol. The molecule has 0 bridgehead atoms. The number of benzene rings is 2. The van der Waals surface area contributed by atoms with Crippen molar-refractivity contribution in [2.75, 3.05) is 26.2 Å². The van der Waals surface area contributed by atoms with Gasteiger partial charge >= 0.3 is 0 Å². The number of aryl methyl sites for hydroxylation is 1. The molecule has 0 amide bonds. The summed E-state index contributed by atoms with van der Waals surface area (Å²) in [4.78, 5) is 2.56. The maximum atomic E-state index is 13.3. The van der Waals surface area contributed by atoms with Crippen LogP contribution in [0.1, 0.15) is 62.2 Å². The molecular formula is C25H34FNO. The molecule has 2 aromatic rings. The summed E-state index contributed by atoms with van der Waals surface area (Å²) >= 11 is 0. The van der Waals surface area contributed by atoms with E-state index in [2.05, 4.69) is 35.2 Å². The van der Waals surface area contributed by atoms with Crippen LogP contribution in [0.25, 0.3) is 0 Å². The van der Waals surface area contributed by atoms with Crippen molar-refractivity contribution in [3.63, 3.8) is 0 Å².